The second-order valence-corrected chi connectivity index (χ2v) is 4.34. The van der Waals surface area contributed by atoms with Gasteiger partial charge in [0.05, 0.1) is 19.8 Å². The Morgan fingerprint density at radius 3 is 2.67 bits per heavy atom. The van der Waals surface area contributed by atoms with Gasteiger partial charge in [-0.15, -0.1) is 11.6 Å². The Kier molecular flexibility index (Phi) is 5.78. The van der Waals surface area contributed by atoms with Crippen LogP contribution in [0.1, 0.15) is 17.3 Å². The number of rotatable bonds is 6. The summed E-state index contributed by atoms with van der Waals surface area (Å²) in [4.78, 5) is 12.0. The fourth-order valence-electron chi connectivity index (χ4n) is 1.41. The molecule has 0 fully saturated rings. The van der Waals surface area contributed by atoms with Gasteiger partial charge in [-0.25, -0.2) is 0 Å². The number of amides is 1. The molecule has 1 N–H and O–H groups in total. The standard InChI is InChI=1S/C13H18ClNO3/c1-9(7-14)8-15-13(16)11-6-10(17-2)4-5-12(11)18-3/h4-6,9H,7-8H2,1-3H3,(H,15,16). The Hall–Kier alpha value is -1.42. The van der Waals surface area contributed by atoms with Crippen LogP contribution in [0.25, 0.3) is 0 Å². The van der Waals surface area contributed by atoms with E-state index in [9.17, 15) is 4.79 Å². The molecular formula is C13H18ClNO3. The molecule has 1 aromatic carbocycles. The van der Waals surface area contributed by atoms with Gasteiger partial charge in [0.1, 0.15) is 11.5 Å². The maximum atomic E-state index is 12.0. The van der Waals surface area contributed by atoms with Crippen LogP contribution in [0.5, 0.6) is 11.5 Å². The highest BCUT2D eigenvalue weighted by molar-refractivity contribution is 6.18. The molecule has 0 aliphatic rings. The van der Waals surface area contributed by atoms with Gasteiger partial charge in [0.2, 0.25) is 0 Å². The zero-order chi connectivity index (χ0) is 13.5. The lowest BCUT2D eigenvalue weighted by Crippen LogP contribution is -2.29. The molecule has 0 aromatic heterocycles. The fourth-order valence-corrected chi connectivity index (χ4v) is 1.52. The molecule has 0 spiro atoms. The van der Waals surface area contributed by atoms with E-state index in [1.807, 2.05) is 6.92 Å². The topological polar surface area (TPSA) is 47.6 Å². The SMILES string of the molecule is COc1ccc(OC)c(C(=O)NCC(C)CCl)c1. The largest absolute Gasteiger partial charge is 0.497 e. The molecule has 0 radical (unpaired) electrons. The van der Waals surface area contributed by atoms with Gasteiger partial charge in [-0.3, -0.25) is 4.79 Å². The van der Waals surface area contributed by atoms with E-state index in [0.29, 0.717) is 29.5 Å². The highest BCUT2D eigenvalue weighted by Crippen LogP contribution is 2.23. The van der Waals surface area contributed by atoms with Crippen LogP contribution < -0.4 is 14.8 Å². The summed E-state index contributed by atoms with van der Waals surface area (Å²) < 4.78 is 10.3. The molecule has 0 aliphatic heterocycles. The number of carbonyl (C=O) groups is 1. The molecule has 0 aliphatic carbocycles. The average Bonchev–Trinajstić information content (AvgIpc) is 2.43. The summed E-state index contributed by atoms with van der Waals surface area (Å²) in [5.74, 6) is 1.68. The van der Waals surface area contributed by atoms with Gasteiger partial charge in [-0.05, 0) is 24.1 Å². The Balaban J connectivity index is 2.82. The number of methoxy groups -OCH3 is 2. The highest BCUT2D eigenvalue weighted by Gasteiger charge is 2.14. The molecule has 0 bridgehead atoms. The number of hydrogen-bond acceptors (Lipinski definition) is 3. The van der Waals surface area contributed by atoms with E-state index in [1.54, 1.807) is 25.3 Å². The van der Waals surface area contributed by atoms with Crippen molar-refractivity contribution >= 4 is 17.5 Å². The summed E-state index contributed by atoms with van der Waals surface area (Å²) >= 11 is 5.69. The van der Waals surface area contributed by atoms with Crippen LogP contribution in [-0.4, -0.2) is 32.6 Å². The van der Waals surface area contributed by atoms with E-state index in [0.717, 1.165) is 0 Å². The Labute approximate surface area is 112 Å². The Morgan fingerprint density at radius 2 is 2.11 bits per heavy atom. The van der Waals surface area contributed by atoms with Crippen molar-refractivity contribution in [3.8, 4) is 11.5 Å². The lowest BCUT2D eigenvalue weighted by Gasteiger charge is -2.12. The minimum atomic E-state index is -0.192. The third-order valence-electron chi connectivity index (χ3n) is 2.53. The van der Waals surface area contributed by atoms with Gasteiger partial charge in [0.15, 0.2) is 0 Å². The number of hydrogen-bond donors (Lipinski definition) is 1. The van der Waals surface area contributed by atoms with Gasteiger partial charge < -0.3 is 14.8 Å². The van der Waals surface area contributed by atoms with Crippen molar-refractivity contribution in [2.75, 3.05) is 26.6 Å². The van der Waals surface area contributed by atoms with Crippen molar-refractivity contribution in [3.63, 3.8) is 0 Å². The second-order valence-electron chi connectivity index (χ2n) is 4.04. The van der Waals surface area contributed by atoms with Crippen molar-refractivity contribution in [1.29, 1.82) is 0 Å². The van der Waals surface area contributed by atoms with Gasteiger partial charge in [0.25, 0.3) is 5.91 Å². The smallest absolute Gasteiger partial charge is 0.255 e. The van der Waals surface area contributed by atoms with Crippen molar-refractivity contribution in [2.45, 2.75) is 6.92 Å². The minimum Gasteiger partial charge on any atom is -0.497 e. The van der Waals surface area contributed by atoms with Crippen molar-refractivity contribution in [3.05, 3.63) is 23.8 Å². The summed E-state index contributed by atoms with van der Waals surface area (Å²) in [6.45, 7) is 2.50. The highest BCUT2D eigenvalue weighted by atomic mass is 35.5. The zero-order valence-electron chi connectivity index (χ0n) is 10.8. The van der Waals surface area contributed by atoms with E-state index in [4.69, 9.17) is 21.1 Å². The summed E-state index contributed by atoms with van der Waals surface area (Å²) in [6.07, 6.45) is 0. The average molecular weight is 272 g/mol. The lowest BCUT2D eigenvalue weighted by molar-refractivity contribution is 0.0946. The monoisotopic (exact) mass is 271 g/mol. The van der Waals surface area contributed by atoms with Crippen LogP contribution in [0.2, 0.25) is 0 Å². The summed E-state index contributed by atoms with van der Waals surface area (Å²) in [5, 5.41) is 2.82. The maximum Gasteiger partial charge on any atom is 0.255 e. The van der Waals surface area contributed by atoms with Crippen molar-refractivity contribution in [2.24, 2.45) is 5.92 Å². The molecule has 0 saturated heterocycles. The molecule has 1 unspecified atom stereocenters. The Morgan fingerprint density at radius 1 is 1.39 bits per heavy atom. The van der Waals surface area contributed by atoms with Crippen molar-refractivity contribution < 1.29 is 14.3 Å². The zero-order valence-corrected chi connectivity index (χ0v) is 11.6. The normalized spacial score (nSPS) is 11.8. The minimum absolute atomic E-state index is 0.192. The van der Waals surface area contributed by atoms with Crippen LogP contribution in [0, 0.1) is 5.92 Å². The van der Waals surface area contributed by atoms with Gasteiger partial charge >= 0.3 is 0 Å². The third kappa shape index (κ3) is 3.81. The second kappa shape index (κ2) is 7.11. The predicted molar refractivity (Wildman–Crippen MR) is 71.8 cm³/mol. The molecule has 100 valence electrons. The van der Waals surface area contributed by atoms with E-state index in [-0.39, 0.29) is 11.8 Å². The Bertz CT molecular complexity index is 409. The van der Waals surface area contributed by atoms with Crippen LogP contribution in [0.4, 0.5) is 0 Å². The van der Waals surface area contributed by atoms with Crippen LogP contribution in [0.3, 0.4) is 0 Å². The predicted octanol–water partition coefficient (Wildman–Crippen LogP) is 2.31. The van der Waals surface area contributed by atoms with E-state index < -0.39 is 0 Å². The quantitative estimate of drug-likeness (QED) is 0.808. The van der Waals surface area contributed by atoms with E-state index in [2.05, 4.69) is 5.32 Å². The maximum absolute atomic E-state index is 12.0. The molecule has 0 saturated carbocycles. The summed E-state index contributed by atoms with van der Waals surface area (Å²) in [5.41, 5.74) is 0.457. The number of alkyl halides is 1. The first kappa shape index (κ1) is 14.6. The summed E-state index contributed by atoms with van der Waals surface area (Å²) in [6, 6.07) is 5.11. The summed E-state index contributed by atoms with van der Waals surface area (Å²) in [7, 11) is 3.08. The number of ether oxygens (including phenoxy) is 2. The van der Waals surface area contributed by atoms with Gasteiger partial charge in [-0.2, -0.15) is 0 Å². The number of halogens is 1. The van der Waals surface area contributed by atoms with E-state index in [1.165, 1.54) is 7.11 Å². The first-order chi connectivity index (χ1) is 8.62. The molecule has 1 rings (SSSR count). The van der Waals surface area contributed by atoms with Crippen LogP contribution in [-0.2, 0) is 0 Å². The molecule has 18 heavy (non-hydrogen) atoms. The van der Waals surface area contributed by atoms with Crippen LogP contribution >= 0.6 is 11.6 Å². The molecule has 1 atom stereocenters. The first-order valence-electron chi connectivity index (χ1n) is 5.68. The van der Waals surface area contributed by atoms with Gasteiger partial charge in [-0.1, -0.05) is 6.92 Å². The fraction of sp³-hybridized carbons (Fsp3) is 0.462. The molecule has 0 heterocycles. The van der Waals surface area contributed by atoms with Gasteiger partial charge in [0, 0.05) is 12.4 Å². The number of carbonyl (C=O) groups excluding carboxylic acids is 1. The molecule has 4 nitrogen and oxygen atoms in total. The van der Waals surface area contributed by atoms with Crippen LogP contribution in [0.15, 0.2) is 18.2 Å². The molecule has 1 aromatic rings. The molecule has 5 heteroatoms. The number of nitrogens with one attached hydrogen (secondary N) is 1. The molecule has 1 amide bonds. The third-order valence-corrected chi connectivity index (χ3v) is 3.05. The number of benzene rings is 1. The van der Waals surface area contributed by atoms with E-state index >= 15 is 0 Å². The lowest BCUT2D eigenvalue weighted by atomic mass is 10.1. The van der Waals surface area contributed by atoms with Crippen molar-refractivity contribution in [1.82, 2.24) is 5.32 Å². The molecular weight excluding hydrogens is 254 g/mol. The first-order valence-corrected chi connectivity index (χ1v) is 6.22.